The number of methoxy groups -OCH3 is 1. The minimum Gasteiger partial charge on any atom is -0.495 e. The third-order valence-corrected chi connectivity index (χ3v) is 4.50. The van der Waals surface area contributed by atoms with Gasteiger partial charge >= 0.3 is 6.03 Å². The number of rotatable bonds is 5. The van der Waals surface area contributed by atoms with Crippen LogP contribution in [0.4, 0.5) is 20.6 Å². The lowest BCUT2D eigenvalue weighted by Crippen LogP contribution is -2.51. The van der Waals surface area contributed by atoms with E-state index in [0.29, 0.717) is 43.3 Å². The van der Waals surface area contributed by atoms with Gasteiger partial charge in [-0.2, -0.15) is 0 Å². The zero-order chi connectivity index (χ0) is 19.9. The van der Waals surface area contributed by atoms with E-state index in [2.05, 4.69) is 10.6 Å². The summed E-state index contributed by atoms with van der Waals surface area (Å²) < 4.78 is 18.2. The molecule has 28 heavy (non-hydrogen) atoms. The van der Waals surface area contributed by atoms with Crippen molar-refractivity contribution in [1.29, 1.82) is 0 Å². The molecule has 0 unspecified atom stereocenters. The number of halogens is 1. The largest absolute Gasteiger partial charge is 0.495 e. The molecule has 1 aliphatic heterocycles. The lowest BCUT2D eigenvalue weighted by molar-refractivity contribution is -0.117. The number of urea groups is 1. The van der Waals surface area contributed by atoms with Crippen molar-refractivity contribution in [3.05, 3.63) is 54.3 Å². The van der Waals surface area contributed by atoms with Crippen molar-refractivity contribution in [2.75, 3.05) is 50.5 Å². The Kier molecular flexibility index (Phi) is 6.44. The number of hydrogen-bond acceptors (Lipinski definition) is 4. The predicted octanol–water partition coefficient (Wildman–Crippen LogP) is 2.62. The van der Waals surface area contributed by atoms with E-state index in [1.807, 2.05) is 17.0 Å². The molecule has 0 saturated carbocycles. The van der Waals surface area contributed by atoms with E-state index in [9.17, 15) is 14.0 Å². The van der Waals surface area contributed by atoms with Crippen molar-refractivity contribution in [2.45, 2.75) is 0 Å². The molecule has 3 rings (SSSR count). The number of carbonyl (C=O) groups excluding carboxylic acids is 2. The Labute approximate surface area is 163 Å². The second-order valence-electron chi connectivity index (χ2n) is 6.45. The van der Waals surface area contributed by atoms with Crippen molar-refractivity contribution in [1.82, 2.24) is 9.80 Å². The van der Waals surface area contributed by atoms with E-state index < -0.39 is 0 Å². The molecule has 0 spiro atoms. The van der Waals surface area contributed by atoms with Gasteiger partial charge in [-0.05, 0) is 36.4 Å². The monoisotopic (exact) mass is 386 g/mol. The molecule has 0 aromatic heterocycles. The first-order valence-corrected chi connectivity index (χ1v) is 9.02. The number of anilines is 2. The number of piperazine rings is 1. The molecule has 2 aromatic rings. The van der Waals surface area contributed by atoms with Gasteiger partial charge in [0.05, 0.1) is 19.3 Å². The molecule has 1 fully saturated rings. The third-order valence-electron chi connectivity index (χ3n) is 4.50. The number of benzene rings is 2. The summed E-state index contributed by atoms with van der Waals surface area (Å²) in [6, 6.07) is 12.7. The number of hydrogen-bond donors (Lipinski definition) is 2. The van der Waals surface area contributed by atoms with Gasteiger partial charge in [0.25, 0.3) is 0 Å². The Morgan fingerprint density at radius 2 is 1.68 bits per heavy atom. The summed E-state index contributed by atoms with van der Waals surface area (Å²) >= 11 is 0. The maximum Gasteiger partial charge on any atom is 0.322 e. The van der Waals surface area contributed by atoms with Gasteiger partial charge in [0.2, 0.25) is 5.91 Å². The smallest absolute Gasteiger partial charge is 0.322 e. The number of carbonyl (C=O) groups is 2. The van der Waals surface area contributed by atoms with Gasteiger partial charge in [-0.15, -0.1) is 0 Å². The van der Waals surface area contributed by atoms with E-state index in [-0.39, 0.29) is 24.3 Å². The van der Waals surface area contributed by atoms with Crippen molar-refractivity contribution in [3.63, 3.8) is 0 Å². The minimum atomic E-state index is -0.347. The van der Waals surface area contributed by atoms with E-state index in [1.165, 1.54) is 24.3 Å². The number of amides is 3. The summed E-state index contributed by atoms with van der Waals surface area (Å²) in [5.74, 6) is 0.0889. The van der Waals surface area contributed by atoms with E-state index in [0.717, 1.165) is 0 Å². The quantitative estimate of drug-likeness (QED) is 0.829. The summed E-state index contributed by atoms with van der Waals surface area (Å²) in [5, 5.41) is 5.60. The van der Waals surface area contributed by atoms with Crippen LogP contribution in [0.25, 0.3) is 0 Å². The van der Waals surface area contributed by atoms with Crippen LogP contribution in [0.2, 0.25) is 0 Å². The molecule has 0 atom stereocenters. The summed E-state index contributed by atoms with van der Waals surface area (Å²) in [7, 11) is 1.56. The van der Waals surface area contributed by atoms with Gasteiger partial charge in [0.15, 0.2) is 0 Å². The van der Waals surface area contributed by atoms with Crippen LogP contribution in [0.15, 0.2) is 48.5 Å². The fourth-order valence-electron chi connectivity index (χ4n) is 2.99. The van der Waals surface area contributed by atoms with E-state index >= 15 is 0 Å². The lowest BCUT2D eigenvalue weighted by Gasteiger charge is -2.34. The van der Waals surface area contributed by atoms with Gasteiger partial charge in [-0.3, -0.25) is 9.69 Å². The van der Waals surface area contributed by atoms with Gasteiger partial charge in [0.1, 0.15) is 11.6 Å². The average molecular weight is 386 g/mol. The molecule has 8 heteroatoms. The Hall–Kier alpha value is -3.13. The Morgan fingerprint density at radius 1 is 1.00 bits per heavy atom. The SMILES string of the molecule is COc1ccccc1NC(=O)N1CCN(CC(=O)Nc2ccc(F)cc2)CC1. The Morgan fingerprint density at radius 3 is 2.36 bits per heavy atom. The van der Waals surface area contributed by atoms with Crippen molar-refractivity contribution < 1.29 is 18.7 Å². The van der Waals surface area contributed by atoms with Crippen LogP contribution in [0, 0.1) is 5.82 Å². The molecule has 2 N–H and O–H groups in total. The van der Waals surface area contributed by atoms with Crippen LogP contribution in [0.1, 0.15) is 0 Å². The Bertz CT molecular complexity index is 820. The van der Waals surface area contributed by atoms with Crippen LogP contribution >= 0.6 is 0 Å². The molecule has 1 heterocycles. The fourth-order valence-corrected chi connectivity index (χ4v) is 2.99. The lowest BCUT2D eigenvalue weighted by atomic mass is 10.3. The summed E-state index contributed by atoms with van der Waals surface area (Å²) in [5.41, 5.74) is 1.18. The first-order valence-electron chi connectivity index (χ1n) is 9.02. The second kappa shape index (κ2) is 9.18. The summed E-state index contributed by atoms with van der Waals surface area (Å²) in [4.78, 5) is 28.3. The molecule has 1 aliphatic rings. The number of ether oxygens (including phenoxy) is 1. The first kappa shape index (κ1) is 19.6. The third kappa shape index (κ3) is 5.20. The molecular weight excluding hydrogens is 363 g/mol. The normalized spacial score (nSPS) is 14.4. The van der Waals surface area contributed by atoms with E-state index in [1.54, 1.807) is 24.1 Å². The molecule has 0 aliphatic carbocycles. The van der Waals surface area contributed by atoms with Crippen LogP contribution in [0.5, 0.6) is 5.75 Å². The molecule has 0 radical (unpaired) electrons. The zero-order valence-electron chi connectivity index (χ0n) is 15.7. The Balaban J connectivity index is 1.45. The van der Waals surface area contributed by atoms with Crippen LogP contribution in [-0.4, -0.2) is 61.6 Å². The molecule has 2 aromatic carbocycles. The maximum atomic E-state index is 12.9. The predicted molar refractivity (Wildman–Crippen MR) is 105 cm³/mol. The molecule has 3 amide bonds. The average Bonchev–Trinajstić information content (AvgIpc) is 2.70. The number of nitrogens with one attached hydrogen (secondary N) is 2. The summed E-state index contributed by atoms with van der Waals surface area (Å²) in [6.07, 6.45) is 0. The second-order valence-corrected chi connectivity index (χ2v) is 6.45. The molecule has 1 saturated heterocycles. The molecule has 0 bridgehead atoms. The fraction of sp³-hybridized carbons (Fsp3) is 0.300. The van der Waals surface area contributed by atoms with Crippen LogP contribution in [-0.2, 0) is 4.79 Å². The zero-order valence-corrected chi connectivity index (χ0v) is 15.7. The van der Waals surface area contributed by atoms with Crippen molar-refractivity contribution in [3.8, 4) is 5.75 Å². The maximum absolute atomic E-state index is 12.9. The molecular formula is C20H23FN4O3. The number of para-hydroxylation sites is 2. The standard InChI is InChI=1S/C20H23FN4O3/c1-28-18-5-3-2-4-17(18)23-20(27)25-12-10-24(11-13-25)14-19(26)22-16-8-6-15(21)7-9-16/h2-9H,10-14H2,1H3,(H,22,26)(H,23,27). The van der Waals surface area contributed by atoms with Crippen LogP contribution in [0.3, 0.4) is 0 Å². The van der Waals surface area contributed by atoms with Gasteiger partial charge in [-0.25, -0.2) is 9.18 Å². The van der Waals surface area contributed by atoms with Crippen molar-refractivity contribution >= 4 is 23.3 Å². The number of nitrogens with zero attached hydrogens (tertiary/aromatic N) is 2. The first-order chi connectivity index (χ1) is 13.5. The van der Waals surface area contributed by atoms with E-state index in [4.69, 9.17) is 4.74 Å². The highest BCUT2D eigenvalue weighted by Gasteiger charge is 2.23. The highest BCUT2D eigenvalue weighted by Crippen LogP contribution is 2.23. The minimum absolute atomic E-state index is 0.168. The topological polar surface area (TPSA) is 73.9 Å². The van der Waals surface area contributed by atoms with Crippen molar-refractivity contribution in [2.24, 2.45) is 0 Å². The molecule has 7 nitrogen and oxygen atoms in total. The summed E-state index contributed by atoms with van der Waals surface area (Å²) in [6.45, 7) is 2.45. The highest BCUT2D eigenvalue weighted by molar-refractivity contribution is 5.92. The van der Waals surface area contributed by atoms with Crippen LogP contribution < -0.4 is 15.4 Å². The molecule has 148 valence electrons. The van der Waals surface area contributed by atoms with Gasteiger partial charge in [0, 0.05) is 31.9 Å². The van der Waals surface area contributed by atoms with Gasteiger partial charge < -0.3 is 20.3 Å². The van der Waals surface area contributed by atoms with Gasteiger partial charge in [-0.1, -0.05) is 12.1 Å². The highest BCUT2D eigenvalue weighted by atomic mass is 19.1.